The zero-order valence-electron chi connectivity index (χ0n) is 9.63. The van der Waals surface area contributed by atoms with Crippen molar-refractivity contribution >= 4 is 17.4 Å². The maximum Gasteiger partial charge on any atom is 0.132 e. The van der Waals surface area contributed by atoms with E-state index in [4.69, 9.17) is 16.9 Å². The van der Waals surface area contributed by atoms with Crippen molar-refractivity contribution in [3.8, 4) is 6.07 Å². The third-order valence-corrected chi connectivity index (χ3v) is 2.50. The molecule has 1 rings (SSSR count). The van der Waals surface area contributed by atoms with Crippen molar-refractivity contribution in [3.63, 3.8) is 0 Å². The van der Waals surface area contributed by atoms with E-state index in [1.807, 2.05) is 0 Å². The fourth-order valence-corrected chi connectivity index (χ4v) is 1.68. The number of pyridine rings is 1. The lowest BCUT2D eigenvalue weighted by atomic mass is 10.1. The van der Waals surface area contributed by atoms with E-state index in [0.717, 1.165) is 6.42 Å². The van der Waals surface area contributed by atoms with Gasteiger partial charge in [-0.15, -0.1) is 0 Å². The molecule has 0 aromatic carbocycles. The Balaban J connectivity index is 2.66. The van der Waals surface area contributed by atoms with Gasteiger partial charge in [-0.1, -0.05) is 31.4 Å². The summed E-state index contributed by atoms with van der Waals surface area (Å²) in [4.78, 5) is 4.13. The van der Waals surface area contributed by atoms with Crippen LogP contribution in [0.5, 0.6) is 0 Å². The number of nitrogens with one attached hydrogen (secondary N) is 1. The zero-order valence-corrected chi connectivity index (χ0v) is 10.4. The van der Waals surface area contributed by atoms with Gasteiger partial charge in [-0.05, 0) is 25.5 Å². The van der Waals surface area contributed by atoms with Crippen molar-refractivity contribution in [2.45, 2.75) is 39.2 Å². The Kier molecular flexibility index (Phi) is 5.07. The minimum Gasteiger partial charge on any atom is -0.368 e. The molecule has 1 heterocycles. The van der Waals surface area contributed by atoms with Gasteiger partial charge in [0, 0.05) is 6.04 Å². The highest BCUT2D eigenvalue weighted by Crippen LogP contribution is 2.15. The van der Waals surface area contributed by atoms with Crippen molar-refractivity contribution in [1.82, 2.24) is 4.98 Å². The van der Waals surface area contributed by atoms with E-state index >= 15 is 0 Å². The molecule has 0 aliphatic rings. The third kappa shape index (κ3) is 4.08. The van der Waals surface area contributed by atoms with E-state index < -0.39 is 0 Å². The van der Waals surface area contributed by atoms with E-state index in [-0.39, 0.29) is 0 Å². The Morgan fingerprint density at radius 3 is 2.94 bits per heavy atom. The highest BCUT2D eigenvalue weighted by atomic mass is 35.5. The molecule has 0 aliphatic heterocycles. The van der Waals surface area contributed by atoms with Crippen LogP contribution < -0.4 is 5.32 Å². The number of hydrogen-bond donors (Lipinski definition) is 1. The van der Waals surface area contributed by atoms with Crippen LogP contribution in [-0.4, -0.2) is 11.0 Å². The van der Waals surface area contributed by atoms with Crippen molar-refractivity contribution in [2.75, 3.05) is 5.32 Å². The van der Waals surface area contributed by atoms with Crippen LogP contribution in [0.2, 0.25) is 5.15 Å². The average Bonchev–Trinajstić information content (AvgIpc) is 2.25. The number of nitrogens with zero attached hydrogens (tertiary/aromatic N) is 2. The van der Waals surface area contributed by atoms with Gasteiger partial charge in [0.1, 0.15) is 11.0 Å². The molecule has 0 saturated heterocycles. The fourth-order valence-electron chi connectivity index (χ4n) is 1.47. The van der Waals surface area contributed by atoms with Gasteiger partial charge in [-0.3, -0.25) is 0 Å². The Hall–Kier alpha value is -1.27. The molecule has 1 aromatic rings. The van der Waals surface area contributed by atoms with Gasteiger partial charge in [0.05, 0.1) is 11.6 Å². The molecule has 1 aromatic heterocycles. The predicted molar refractivity (Wildman–Crippen MR) is 66.6 cm³/mol. The minimum atomic E-state index is 0.345. The molecule has 1 unspecified atom stereocenters. The van der Waals surface area contributed by atoms with Gasteiger partial charge in [0.2, 0.25) is 0 Å². The molecule has 0 spiro atoms. The Labute approximate surface area is 101 Å². The summed E-state index contributed by atoms with van der Waals surface area (Å²) < 4.78 is 0. The van der Waals surface area contributed by atoms with Gasteiger partial charge in [-0.25, -0.2) is 4.98 Å². The maximum atomic E-state index is 8.80. The number of hydrogen-bond acceptors (Lipinski definition) is 3. The van der Waals surface area contributed by atoms with Crippen LogP contribution in [0, 0.1) is 11.3 Å². The minimum absolute atomic E-state index is 0.345. The van der Waals surface area contributed by atoms with Crippen LogP contribution in [0.1, 0.15) is 38.7 Å². The molecule has 0 aliphatic carbocycles. The number of aromatic nitrogens is 1. The molecular formula is C12H16ClN3. The summed E-state index contributed by atoms with van der Waals surface area (Å²) in [6, 6.07) is 5.68. The highest BCUT2D eigenvalue weighted by Gasteiger charge is 2.05. The van der Waals surface area contributed by atoms with Gasteiger partial charge < -0.3 is 5.32 Å². The Morgan fingerprint density at radius 2 is 2.31 bits per heavy atom. The third-order valence-electron chi connectivity index (χ3n) is 2.31. The van der Waals surface area contributed by atoms with E-state index in [2.05, 4.69) is 30.2 Å². The Morgan fingerprint density at radius 1 is 1.56 bits per heavy atom. The van der Waals surface area contributed by atoms with Crippen molar-refractivity contribution in [2.24, 2.45) is 0 Å². The summed E-state index contributed by atoms with van der Waals surface area (Å²) in [5.41, 5.74) is 0.533. The number of rotatable bonds is 5. The number of halogens is 1. The molecule has 0 fully saturated rings. The summed E-state index contributed by atoms with van der Waals surface area (Å²) in [6.07, 6.45) is 3.45. The van der Waals surface area contributed by atoms with E-state index in [1.165, 1.54) is 12.8 Å². The van der Waals surface area contributed by atoms with Crippen LogP contribution in [0.3, 0.4) is 0 Å². The zero-order chi connectivity index (χ0) is 12.0. The Bertz CT molecular complexity index is 384. The van der Waals surface area contributed by atoms with Crippen LogP contribution in [-0.2, 0) is 0 Å². The van der Waals surface area contributed by atoms with E-state index in [9.17, 15) is 0 Å². The van der Waals surface area contributed by atoms with Gasteiger partial charge in [-0.2, -0.15) is 5.26 Å². The first-order valence-corrected chi connectivity index (χ1v) is 5.87. The lowest BCUT2D eigenvalue weighted by Gasteiger charge is -2.14. The average molecular weight is 238 g/mol. The fraction of sp³-hybridized carbons (Fsp3) is 0.500. The van der Waals surface area contributed by atoms with Crippen LogP contribution >= 0.6 is 11.6 Å². The predicted octanol–water partition coefficient (Wildman–Crippen LogP) is 3.60. The molecule has 1 atom stereocenters. The molecule has 86 valence electrons. The molecule has 0 saturated carbocycles. The quantitative estimate of drug-likeness (QED) is 0.796. The second-order valence-electron chi connectivity index (χ2n) is 3.86. The van der Waals surface area contributed by atoms with Crippen LogP contribution in [0.15, 0.2) is 12.1 Å². The smallest absolute Gasteiger partial charge is 0.132 e. The lowest BCUT2D eigenvalue weighted by molar-refractivity contribution is 0.643. The molecule has 1 N–H and O–H groups in total. The molecule has 4 heteroatoms. The van der Waals surface area contributed by atoms with E-state index in [0.29, 0.717) is 22.6 Å². The monoisotopic (exact) mass is 237 g/mol. The van der Waals surface area contributed by atoms with Gasteiger partial charge in [0.25, 0.3) is 0 Å². The second kappa shape index (κ2) is 6.34. The first kappa shape index (κ1) is 12.8. The molecule has 0 radical (unpaired) electrons. The summed E-state index contributed by atoms with van der Waals surface area (Å²) >= 11 is 5.81. The lowest BCUT2D eigenvalue weighted by Crippen LogP contribution is -2.15. The van der Waals surface area contributed by atoms with Crippen LogP contribution in [0.25, 0.3) is 0 Å². The number of anilines is 1. The number of nitriles is 1. The maximum absolute atomic E-state index is 8.80. The largest absolute Gasteiger partial charge is 0.368 e. The van der Waals surface area contributed by atoms with Crippen molar-refractivity contribution in [1.29, 1.82) is 5.26 Å². The first-order valence-electron chi connectivity index (χ1n) is 5.50. The normalized spacial score (nSPS) is 11.9. The standard InChI is InChI=1S/C12H16ClN3/c1-3-4-5-9(2)15-12-7-10(8-14)6-11(13)16-12/h6-7,9H,3-5H2,1-2H3,(H,15,16). The second-order valence-corrected chi connectivity index (χ2v) is 4.25. The van der Waals surface area contributed by atoms with Crippen molar-refractivity contribution < 1.29 is 0 Å². The van der Waals surface area contributed by atoms with Gasteiger partial charge in [0.15, 0.2) is 0 Å². The first-order chi connectivity index (χ1) is 7.65. The SMILES string of the molecule is CCCCC(C)Nc1cc(C#N)cc(Cl)n1. The summed E-state index contributed by atoms with van der Waals surface area (Å²) in [5.74, 6) is 0.674. The molecular weight excluding hydrogens is 222 g/mol. The molecule has 3 nitrogen and oxygen atoms in total. The topological polar surface area (TPSA) is 48.7 Å². The molecule has 16 heavy (non-hydrogen) atoms. The molecule has 0 amide bonds. The summed E-state index contributed by atoms with van der Waals surface area (Å²) in [5, 5.41) is 12.4. The molecule has 0 bridgehead atoms. The summed E-state index contributed by atoms with van der Waals surface area (Å²) in [6.45, 7) is 4.27. The van der Waals surface area contributed by atoms with Gasteiger partial charge >= 0.3 is 0 Å². The van der Waals surface area contributed by atoms with Crippen molar-refractivity contribution in [3.05, 3.63) is 22.8 Å². The van der Waals surface area contributed by atoms with Crippen LogP contribution in [0.4, 0.5) is 5.82 Å². The number of unbranched alkanes of at least 4 members (excludes halogenated alkanes) is 1. The highest BCUT2D eigenvalue weighted by molar-refractivity contribution is 6.29. The van der Waals surface area contributed by atoms with E-state index in [1.54, 1.807) is 12.1 Å². The summed E-state index contributed by atoms with van der Waals surface area (Å²) in [7, 11) is 0.